The van der Waals surface area contributed by atoms with E-state index >= 15 is 0 Å². The Morgan fingerprint density at radius 2 is 2.00 bits per heavy atom. The Labute approximate surface area is 113 Å². The number of carbonyl (C=O) groups is 2. The molecule has 4 nitrogen and oxygen atoms in total. The number of Topliss-reactive ketones (excluding diaryl/α,β-unsaturated/α-hetero) is 1. The van der Waals surface area contributed by atoms with Crippen molar-refractivity contribution in [2.75, 3.05) is 5.32 Å². The predicted octanol–water partition coefficient (Wildman–Crippen LogP) is -0.789. The van der Waals surface area contributed by atoms with Gasteiger partial charge in [-0.15, -0.1) is 0 Å². The molecule has 2 heterocycles. The molecule has 16 heavy (non-hydrogen) atoms. The number of fused-ring (bicyclic) bond motifs is 3. The summed E-state index contributed by atoms with van der Waals surface area (Å²) in [5, 5.41) is 4.13. The Balaban J connectivity index is 0.000000963. The molecule has 0 fully saturated rings. The Morgan fingerprint density at radius 3 is 2.81 bits per heavy atom. The number of benzene rings is 1. The van der Waals surface area contributed by atoms with Crippen LogP contribution in [0.3, 0.4) is 0 Å². The second-order valence-corrected chi connectivity index (χ2v) is 3.37. The summed E-state index contributed by atoms with van der Waals surface area (Å²) in [6, 6.07) is 3.61. The fraction of sp³-hybridized carbons (Fsp3) is 0. The van der Waals surface area contributed by atoms with Crippen LogP contribution < -0.4 is 15.9 Å². The second kappa shape index (κ2) is 3.97. The van der Waals surface area contributed by atoms with Crippen LogP contribution in [0.15, 0.2) is 23.3 Å². The van der Waals surface area contributed by atoms with Gasteiger partial charge in [0.05, 0.1) is 11.0 Å². The van der Waals surface area contributed by atoms with E-state index in [1.807, 2.05) is 12.1 Å². The van der Waals surface area contributed by atoms with E-state index in [2.05, 4.69) is 10.3 Å². The predicted molar refractivity (Wildman–Crippen MR) is 60.1 cm³/mol. The van der Waals surface area contributed by atoms with E-state index in [-0.39, 0.29) is 29.6 Å². The summed E-state index contributed by atoms with van der Waals surface area (Å²) in [7, 11) is 0. The third-order valence-electron chi connectivity index (χ3n) is 2.46. The number of ketones is 1. The van der Waals surface area contributed by atoms with Gasteiger partial charge in [0.2, 0.25) is 5.78 Å². The molecular formula is C11H6N2NaO2. The third-order valence-corrected chi connectivity index (χ3v) is 2.46. The van der Waals surface area contributed by atoms with Gasteiger partial charge < -0.3 is 5.32 Å². The van der Waals surface area contributed by atoms with Gasteiger partial charge >= 0.3 is 0 Å². The van der Waals surface area contributed by atoms with Crippen LogP contribution in [-0.2, 0) is 9.59 Å². The van der Waals surface area contributed by atoms with Crippen LogP contribution in [0.5, 0.6) is 0 Å². The van der Waals surface area contributed by atoms with E-state index in [9.17, 15) is 9.59 Å². The van der Waals surface area contributed by atoms with E-state index in [1.165, 1.54) is 6.08 Å². The molecule has 0 bridgehead atoms. The first-order valence-electron chi connectivity index (χ1n) is 4.50. The van der Waals surface area contributed by atoms with Crippen LogP contribution in [0.4, 0.5) is 5.69 Å². The maximum absolute atomic E-state index is 11.2. The first-order valence-corrected chi connectivity index (χ1v) is 4.50. The SMILES string of the molecule is O=C1C=c2ccc3c(c2NC1=O)C=CN=3.[Na]. The van der Waals surface area contributed by atoms with Crippen molar-refractivity contribution >= 4 is 59.1 Å². The molecule has 0 saturated carbocycles. The van der Waals surface area contributed by atoms with Gasteiger partial charge in [0.1, 0.15) is 0 Å². The summed E-state index contributed by atoms with van der Waals surface area (Å²) in [5.74, 6) is -1.10. The van der Waals surface area contributed by atoms with Crippen molar-refractivity contribution < 1.29 is 9.59 Å². The average molecular weight is 221 g/mol. The normalized spacial score (nSPS) is 15.2. The van der Waals surface area contributed by atoms with Crippen LogP contribution in [0, 0.1) is 0 Å². The zero-order valence-corrected chi connectivity index (χ0v) is 10.7. The molecule has 0 aromatic heterocycles. The third kappa shape index (κ3) is 1.55. The van der Waals surface area contributed by atoms with E-state index in [1.54, 1.807) is 12.3 Å². The molecule has 2 aliphatic heterocycles. The molecule has 1 N–H and O–H groups in total. The van der Waals surface area contributed by atoms with E-state index < -0.39 is 11.7 Å². The van der Waals surface area contributed by atoms with Gasteiger partial charge in [-0.2, -0.15) is 0 Å². The summed E-state index contributed by atoms with van der Waals surface area (Å²) >= 11 is 0. The zero-order chi connectivity index (χ0) is 10.4. The van der Waals surface area contributed by atoms with Crippen molar-refractivity contribution in [1.29, 1.82) is 0 Å². The monoisotopic (exact) mass is 221 g/mol. The standard InChI is InChI=1S/C11H6N2O2.Na/c14-9-5-6-1-2-8-7(3-4-12-8)10(6)13-11(9)15;/h1-5H,(H,13,15);. The first kappa shape index (κ1) is 11.3. The summed E-state index contributed by atoms with van der Waals surface area (Å²) in [6.07, 6.45) is 4.84. The smallest absolute Gasteiger partial charge is 0.296 e. The van der Waals surface area contributed by atoms with E-state index in [0.29, 0.717) is 5.69 Å². The van der Waals surface area contributed by atoms with Gasteiger partial charge in [0.15, 0.2) is 0 Å². The molecule has 0 unspecified atom stereocenters. The summed E-state index contributed by atoms with van der Waals surface area (Å²) in [4.78, 5) is 26.5. The van der Waals surface area contributed by atoms with Gasteiger partial charge in [-0.3, -0.25) is 14.6 Å². The minimum atomic E-state index is -0.587. The van der Waals surface area contributed by atoms with Crippen molar-refractivity contribution in [3.63, 3.8) is 0 Å². The number of hydrogen-bond donors (Lipinski definition) is 1. The molecule has 0 aliphatic carbocycles. The molecule has 5 heteroatoms. The molecule has 0 saturated heterocycles. The van der Waals surface area contributed by atoms with Crippen LogP contribution in [-0.4, -0.2) is 41.2 Å². The van der Waals surface area contributed by atoms with Gasteiger partial charge in [-0.05, 0) is 12.1 Å². The molecule has 1 amide bonds. The number of amides is 1. The van der Waals surface area contributed by atoms with Crippen LogP contribution in [0.1, 0.15) is 5.56 Å². The Kier molecular flexibility index (Phi) is 2.80. The molecule has 0 atom stereocenters. The molecule has 1 aromatic carbocycles. The fourth-order valence-electron chi connectivity index (χ4n) is 1.74. The fourth-order valence-corrected chi connectivity index (χ4v) is 1.74. The van der Waals surface area contributed by atoms with Crippen LogP contribution in [0.25, 0.3) is 12.2 Å². The molecule has 3 rings (SSSR count). The number of rotatable bonds is 0. The molecule has 1 radical (unpaired) electrons. The van der Waals surface area contributed by atoms with E-state index in [0.717, 1.165) is 16.1 Å². The quantitative estimate of drug-likeness (QED) is 0.461. The van der Waals surface area contributed by atoms with Gasteiger partial charge in [-0.1, -0.05) is 6.07 Å². The van der Waals surface area contributed by atoms with Crippen molar-refractivity contribution in [3.8, 4) is 0 Å². The van der Waals surface area contributed by atoms with Crippen LogP contribution >= 0.6 is 0 Å². The molecule has 2 aliphatic rings. The number of anilines is 1. The van der Waals surface area contributed by atoms with Gasteiger partial charge in [0, 0.05) is 52.6 Å². The topological polar surface area (TPSA) is 58.5 Å². The van der Waals surface area contributed by atoms with Crippen molar-refractivity contribution in [2.45, 2.75) is 0 Å². The Bertz CT molecular complexity index is 647. The summed E-state index contributed by atoms with van der Waals surface area (Å²) < 4.78 is 0. The minimum Gasteiger partial charge on any atom is -0.318 e. The van der Waals surface area contributed by atoms with Crippen molar-refractivity contribution in [3.05, 3.63) is 34.5 Å². The number of nitrogens with one attached hydrogen (secondary N) is 1. The maximum atomic E-state index is 11.2. The molecule has 1 aromatic rings. The number of hydrogen-bond acceptors (Lipinski definition) is 3. The minimum absolute atomic E-state index is 0. The molecule has 0 spiro atoms. The zero-order valence-electron chi connectivity index (χ0n) is 8.65. The average Bonchev–Trinajstić information content (AvgIpc) is 2.68. The van der Waals surface area contributed by atoms with E-state index in [4.69, 9.17) is 0 Å². The van der Waals surface area contributed by atoms with Crippen molar-refractivity contribution in [1.82, 2.24) is 0 Å². The molecule has 73 valence electrons. The summed E-state index contributed by atoms with van der Waals surface area (Å²) in [6.45, 7) is 0. The van der Waals surface area contributed by atoms with Crippen molar-refractivity contribution in [2.24, 2.45) is 4.99 Å². The second-order valence-electron chi connectivity index (χ2n) is 3.37. The number of nitrogens with zero attached hydrogens (tertiary/aromatic N) is 1. The maximum Gasteiger partial charge on any atom is 0.296 e. The Hall–Kier alpha value is -1.23. The van der Waals surface area contributed by atoms with Gasteiger partial charge in [-0.25, -0.2) is 0 Å². The summed E-state index contributed by atoms with van der Waals surface area (Å²) in [5.41, 5.74) is 1.54. The Morgan fingerprint density at radius 1 is 1.19 bits per heavy atom. The largest absolute Gasteiger partial charge is 0.318 e. The van der Waals surface area contributed by atoms with Crippen LogP contribution in [0.2, 0.25) is 0 Å². The number of carbonyl (C=O) groups excluding carboxylic acids is 2. The first-order chi connectivity index (χ1) is 7.25. The molecular weight excluding hydrogens is 215 g/mol. The van der Waals surface area contributed by atoms with Gasteiger partial charge in [0.25, 0.3) is 5.91 Å².